The molecule has 1 aliphatic heterocycles. The molecule has 0 amide bonds. The van der Waals surface area contributed by atoms with Crippen molar-refractivity contribution in [1.29, 1.82) is 0 Å². The first-order chi connectivity index (χ1) is 10.1. The summed E-state index contributed by atoms with van der Waals surface area (Å²) in [4.78, 5) is 4.36. The first-order valence-corrected chi connectivity index (χ1v) is 8.73. The molecule has 6 nitrogen and oxygen atoms in total. The average molecular weight is 308 g/mol. The van der Waals surface area contributed by atoms with Gasteiger partial charge in [-0.15, -0.1) is 0 Å². The molecule has 2 aromatic heterocycles. The van der Waals surface area contributed by atoms with E-state index >= 15 is 0 Å². The van der Waals surface area contributed by atoms with Crippen LogP contribution in [0.1, 0.15) is 25.7 Å². The number of aromatic nitrogens is 2. The highest BCUT2D eigenvalue weighted by atomic mass is 32.2. The van der Waals surface area contributed by atoms with Gasteiger partial charge in [-0.05, 0) is 25.0 Å². The molecular formula is C14H20N4O2S. The molecule has 0 saturated carbocycles. The second kappa shape index (κ2) is 5.65. The van der Waals surface area contributed by atoms with Crippen molar-refractivity contribution >= 4 is 21.5 Å². The van der Waals surface area contributed by atoms with Gasteiger partial charge >= 0.3 is 0 Å². The summed E-state index contributed by atoms with van der Waals surface area (Å²) >= 11 is 0. The number of anilines is 1. The molecule has 114 valence electrons. The topological polar surface area (TPSA) is 66.7 Å². The molecule has 0 bridgehead atoms. The minimum Gasteiger partial charge on any atom is -0.371 e. The molecule has 0 aromatic carbocycles. The smallest absolute Gasteiger partial charge is 0.262 e. The third-order valence-corrected chi connectivity index (χ3v) is 5.80. The van der Waals surface area contributed by atoms with Crippen LogP contribution in [0.3, 0.4) is 0 Å². The summed E-state index contributed by atoms with van der Waals surface area (Å²) in [6, 6.07) is 5.47. The summed E-state index contributed by atoms with van der Waals surface area (Å²) < 4.78 is 29.3. The summed E-state index contributed by atoms with van der Waals surface area (Å²) in [5.41, 5.74) is 0.634. The Hall–Kier alpha value is -1.60. The average Bonchev–Trinajstić information content (AvgIpc) is 2.66. The van der Waals surface area contributed by atoms with E-state index in [1.54, 1.807) is 22.0 Å². The molecule has 2 aromatic rings. The van der Waals surface area contributed by atoms with E-state index < -0.39 is 10.0 Å². The summed E-state index contributed by atoms with van der Waals surface area (Å²) in [7, 11) is -1.84. The van der Waals surface area contributed by atoms with E-state index in [1.807, 2.05) is 18.2 Å². The first kappa shape index (κ1) is 14.3. The van der Waals surface area contributed by atoms with Gasteiger partial charge < -0.3 is 5.32 Å². The summed E-state index contributed by atoms with van der Waals surface area (Å²) in [5.74, 6) is 0.408. The molecule has 0 atom stereocenters. The van der Waals surface area contributed by atoms with Crippen LogP contribution in [0.4, 0.5) is 5.82 Å². The second-order valence-corrected chi connectivity index (χ2v) is 7.12. The van der Waals surface area contributed by atoms with Gasteiger partial charge in [-0.1, -0.05) is 18.9 Å². The predicted octanol–water partition coefficient (Wildman–Crippen LogP) is 1.94. The molecule has 0 aliphatic carbocycles. The number of hydrogen-bond acceptors (Lipinski definition) is 4. The highest BCUT2D eigenvalue weighted by Crippen LogP contribution is 2.27. The largest absolute Gasteiger partial charge is 0.371 e. The SMILES string of the molecule is CNc1nc2ccccn2c1S(=O)(=O)N1CCCCCC1. The molecule has 1 saturated heterocycles. The van der Waals surface area contributed by atoms with Gasteiger partial charge in [0, 0.05) is 26.3 Å². The second-order valence-electron chi connectivity index (χ2n) is 5.26. The van der Waals surface area contributed by atoms with Crippen LogP contribution >= 0.6 is 0 Å². The zero-order chi connectivity index (χ0) is 14.9. The molecule has 3 heterocycles. The standard InChI is InChI=1S/C14H20N4O2S/c1-15-13-14(18-11-7-4-8-12(18)16-13)21(19,20)17-9-5-2-3-6-10-17/h4,7-8,11,15H,2-3,5-6,9-10H2,1H3. The van der Waals surface area contributed by atoms with Crippen LogP contribution in [0.5, 0.6) is 0 Å². The van der Waals surface area contributed by atoms with Crippen LogP contribution < -0.4 is 5.32 Å². The quantitative estimate of drug-likeness (QED) is 0.941. The van der Waals surface area contributed by atoms with E-state index in [1.165, 1.54) is 0 Å². The maximum Gasteiger partial charge on any atom is 0.262 e. The molecule has 3 rings (SSSR count). The summed E-state index contributed by atoms with van der Waals surface area (Å²) in [5, 5.41) is 3.15. The molecule has 1 fully saturated rings. The molecule has 1 aliphatic rings. The number of nitrogens with zero attached hydrogens (tertiary/aromatic N) is 3. The maximum atomic E-state index is 13.0. The maximum absolute atomic E-state index is 13.0. The first-order valence-electron chi connectivity index (χ1n) is 7.29. The minimum absolute atomic E-state index is 0.238. The Bertz CT molecular complexity index is 731. The van der Waals surface area contributed by atoms with E-state index in [9.17, 15) is 8.42 Å². The van der Waals surface area contributed by atoms with E-state index in [0.717, 1.165) is 25.7 Å². The van der Waals surface area contributed by atoms with Crippen molar-refractivity contribution in [3.63, 3.8) is 0 Å². The molecule has 7 heteroatoms. The Labute approximate surface area is 124 Å². The molecule has 0 radical (unpaired) electrons. The monoisotopic (exact) mass is 308 g/mol. The normalized spacial score (nSPS) is 17.8. The lowest BCUT2D eigenvalue weighted by atomic mass is 10.2. The number of fused-ring (bicyclic) bond motifs is 1. The van der Waals surface area contributed by atoms with Crippen LogP contribution in [0, 0.1) is 0 Å². The van der Waals surface area contributed by atoms with Crippen LogP contribution in [-0.4, -0.2) is 42.2 Å². The van der Waals surface area contributed by atoms with Crippen molar-refractivity contribution < 1.29 is 8.42 Å². The van der Waals surface area contributed by atoms with Crippen molar-refractivity contribution in [2.24, 2.45) is 0 Å². The lowest BCUT2D eigenvalue weighted by Gasteiger charge is -2.20. The Balaban J connectivity index is 2.13. The van der Waals surface area contributed by atoms with Gasteiger partial charge in [0.25, 0.3) is 10.0 Å². The van der Waals surface area contributed by atoms with Crippen LogP contribution in [0.25, 0.3) is 5.65 Å². The van der Waals surface area contributed by atoms with Crippen LogP contribution in [0.2, 0.25) is 0 Å². The van der Waals surface area contributed by atoms with Gasteiger partial charge in [0.1, 0.15) is 5.65 Å². The molecule has 0 spiro atoms. The molecule has 1 N–H and O–H groups in total. The highest BCUT2D eigenvalue weighted by Gasteiger charge is 2.31. The number of pyridine rings is 1. The number of rotatable bonds is 3. The number of nitrogens with one attached hydrogen (secondary N) is 1. The van der Waals surface area contributed by atoms with Gasteiger partial charge in [-0.2, -0.15) is 4.31 Å². The van der Waals surface area contributed by atoms with E-state index in [0.29, 0.717) is 24.6 Å². The zero-order valence-electron chi connectivity index (χ0n) is 12.1. The number of hydrogen-bond donors (Lipinski definition) is 1. The fraction of sp³-hybridized carbons (Fsp3) is 0.500. The Kier molecular flexibility index (Phi) is 3.86. The Morgan fingerprint density at radius 3 is 2.52 bits per heavy atom. The highest BCUT2D eigenvalue weighted by molar-refractivity contribution is 7.89. The molecular weight excluding hydrogens is 288 g/mol. The van der Waals surface area contributed by atoms with Gasteiger partial charge in [-0.3, -0.25) is 4.40 Å². The number of imidazole rings is 1. The number of sulfonamides is 1. The fourth-order valence-electron chi connectivity index (χ4n) is 2.79. The van der Waals surface area contributed by atoms with Crippen molar-refractivity contribution in [2.45, 2.75) is 30.7 Å². The summed E-state index contributed by atoms with van der Waals surface area (Å²) in [6.45, 7) is 1.18. The van der Waals surface area contributed by atoms with Crippen molar-refractivity contribution in [1.82, 2.24) is 13.7 Å². The van der Waals surface area contributed by atoms with Gasteiger partial charge in [0.2, 0.25) is 0 Å². The molecule has 0 unspecified atom stereocenters. The van der Waals surface area contributed by atoms with E-state index in [-0.39, 0.29) is 5.03 Å². The van der Waals surface area contributed by atoms with E-state index in [2.05, 4.69) is 10.3 Å². The van der Waals surface area contributed by atoms with Crippen LogP contribution in [0.15, 0.2) is 29.4 Å². The summed E-state index contributed by atoms with van der Waals surface area (Å²) in [6.07, 6.45) is 5.78. The zero-order valence-corrected chi connectivity index (χ0v) is 12.9. The lowest BCUT2D eigenvalue weighted by Crippen LogP contribution is -2.33. The predicted molar refractivity (Wildman–Crippen MR) is 82.0 cm³/mol. The third kappa shape index (κ3) is 2.51. The molecule has 21 heavy (non-hydrogen) atoms. The van der Waals surface area contributed by atoms with Gasteiger partial charge in [0.15, 0.2) is 10.8 Å². The van der Waals surface area contributed by atoms with Gasteiger partial charge in [-0.25, -0.2) is 13.4 Å². The van der Waals surface area contributed by atoms with Gasteiger partial charge in [0.05, 0.1) is 0 Å². The minimum atomic E-state index is -3.54. The fourth-order valence-corrected chi connectivity index (χ4v) is 4.57. The van der Waals surface area contributed by atoms with Crippen molar-refractivity contribution in [3.05, 3.63) is 24.4 Å². The lowest BCUT2D eigenvalue weighted by molar-refractivity contribution is 0.421. The Morgan fingerprint density at radius 2 is 1.86 bits per heavy atom. The third-order valence-electron chi connectivity index (χ3n) is 3.87. The van der Waals surface area contributed by atoms with Crippen molar-refractivity contribution in [2.75, 3.05) is 25.5 Å². The van der Waals surface area contributed by atoms with Crippen molar-refractivity contribution in [3.8, 4) is 0 Å². The van der Waals surface area contributed by atoms with E-state index in [4.69, 9.17) is 0 Å². The van der Waals surface area contributed by atoms with Crippen LogP contribution in [-0.2, 0) is 10.0 Å². The Morgan fingerprint density at radius 1 is 1.14 bits per heavy atom.